The average Bonchev–Trinajstić information content (AvgIpc) is 2.85. The van der Waals surface area contributed by atoms with Crippen molar-refractivity contribution in [3.63, 3.8) is 0 Å². The number of aromatic nitrogens is 2. The Morgan fingerprint density at radius 2 is 1.90 bits per heavy atom. The maximum absolute atomic E-state index is 11.9. The second-order valence-electron chi connectivity index (χ2n) is 4.18. The Balaban J connectivity index is 1.92. The summed E-state index contributed by atoms with van der Waals surface area (Å²) in [5, 5.41) is 14.0. The van der Waals surface area contributed by atoms with Crippen molar-refractivity contribution in [3.8, 4) is 0 Å². The van der Waals surface area contributed by atoms with Gasteiger partial charge in [-0.3, -0.25) is 14.9 Å². The quantitative estimate of drug-likeness (QED) is 0.896. The van der Waals surface area contributed by atoms with Gasteiger partial charge in [-0.1, -0.05) is 29.5 Å². The molecule has 0 radical (unpaired) electrons. The molecule has 0 unspecified atom stereocenters. The van der Waals surface area contributed by atoms with Gasteiger partial charge in [0.15, 0.2) is 0 Å². The van der Waals surface area contributed by atoms with Crippen LogP contribution in [0, 0.1) is 6.92 Å². The van der Waals surface area contributed by atoms with Gasteiger partial charge >= 0.3 is 0 Å². The molecule has 0 aliphatic heterocycles. The van der Waals surface area contributed by atoms with E-state index in [1.54, 1.807) is 38.1 Å². The zero-order valence-corrected chi connectivity index (χ0v) is 11.9. The number of hydrogen-bond donors (Lipinski definition) is 2. The number of aryl methyl sites for hydroxylation is 1. The lowest BCUT2D eigenvalue weighted by Gasteiger charge is -2.12. The highest BCUT2D eigenvalue weighted by Crippen LogP contribution is 2.13. The number of rotatable bonds is 4. The van der Waals surface area contributed by atoms with E-state index in [0.717, 1.165) is 5.01 Å². The molecule has 0 aliphatic carbocycles. The summed E-state index contributed by atoms with van der Waals surface area (Å²) in [4.78, 5) is 23.8. The maximum Gasteiger partial charge on any atom is 0.251 e. The second-order valence-corrected chi connectivity index (χ2v) is 5.36. The fourth-order valence-corrected chi connectivity index (χ4v) is 2.09. The fraction of sp³-hybridized carbons (Fsp3) is 0.231. The lowest BCUT2D eigenvalue weighted by molar-refractivity contribution is -0.117. The number of benzene rings is 1. The first-order valence-electron chi connectivity index (χ1n) is 6.03. The monoisotopic (exact) mass is 290 g/mol. The summed E-state index contributed by atoms with van der Waals surface area (Å²) in [5.41, 5.74) is 0.513. The average molecular weight is 290 g/mol. The van der Waals surface area contributed by atoms with Crippen LogP contribution >= 0.6 is 11.3 Å². The van der Waals surface area contributed by atoms with Gasteiger partial charge in [-0.15, -0.1) is 10.2 Å². The van der Waals surface area contributed by atoms with Gasteiger partial charge in [-0.2, -0.15) is 0 Å². The SMILES string of the molecule is Cc1nnc(NC(=O)[C@@H](C)NC(=O)c2ccccc2)s1. The third-order valence-electron chi connectivity index (χ3n) is 2.53. The molecule has 0 saturated carbocycles. The molecular weight excluding hydrogens is 276 g/mol. The molecule has 2 rings (SSSR count). The van der Waals surface area contributed by atoms with Crippen LogP contribution < -0.4 is 10.6 Å². The minimum absolute atomic E-state index is 0.290. The fourth-order valence-electron chi connectivity index (χ4n) is 1.50. The molecule has 1 aromatic heterocycles. The van der Waals surface area contributed by atoms with Gasteiger partial charge in [0, 0.05) is 5.56 Å². The van der Waals surface area contributed by atoms with Gasteiger partial charge in [0.2, 0.25) is 11.0 Å². The van der Waals surface area contributed by atoms with Crippen molar-refractivity contribution in [2.24, 2.45) is 0 Å². The Morgan fingerprint density at radius 3 is 2.50 bits per heavy atom. The molecule has 0 saturated heterocycles. The van der Waals surface area contributed by atoms with Gasteiger partial charge in [0.1, 0.15) is 11.0 Å². The van der Waals surface area contributed by atoms with Crippen LogP contribution in [-0.2, 0) is 4.79 Å². The number of nitrogens with one attached hydrogen (secondary N) is 2. The van der Waals surface area contributed by atoms with Crippen LogP contribution in [0.5, 0.6) is 0 Å². The van der Waals surface area contributed by atoms with Gasteiger partial charge < -0.3 is 5.32 Å². The number of carbonyl (C=O) groups is 2. The molecule has 2 aromatic rings. The first-order chi connectivity index (χ1) is 9.56. The molecule has 1 aromatic carbocycles. The summed E-state index contributed by atoms with van der Waals surface area (Å²) < 4.78 is 0. The molecule has 0 fully saturated rings. The van der Waals surface area contributed by atoms with E-state index < -0.39 is 6.04 Å². The smallest absolute Gasteiger partial charge is 0.251 e. The van der Waals surface area contributed by atoms with Gasteiger partial charge in [-0.25, -0.2) is 0 Å². The first kappa shape index (κ1) is 14.1. The van der Waals surface area contributed by atoms with Crippen LogP contribution in [0.1, 0.15) is 22.3 Å². The zero-order valence-electron chi connectivity index (χ0n) is 11.1. The summed E-state index contributed by atoms with van der Waals surface area (Å²) in [6.07, 6.45) is 0. The Labute approximate surface area is 120 Å². The highest BCUT2D eigenvalue weighted by molar-refractivity contribution is 7.15. The molecule has 0 aliphatic rings. The number of nitrogens with zero attached hydrogens (tertiary/aromatic N) is 2. The number of hydrogen-bond acceptors (Lipinski definition) is 5. The van der Waals surface area contributed by atoms with Crippen molar-refractivity contribution in [1.82, 2.24) is 15.5 Å². The number of carbonyl (C=O) groups excluding carboxylic acids is 2. The predicted molar refractivity (Wildman–Crippen MR) is 76.6 cm³/mol. The van der Waals surface area contributed by atoms with E-state index >= 15 is 0 Å². The van der Waals surface area contributed by atoms with E-state index in [0.29, 0.717) is 10.7 Å². The van der Waals surface area contributed by atoms with E-state index in [1.165, 1.54) is 11.3 Å². The maximum atomic E-state index is 11.9. The Morgan fingerprint density at radius 1 is 1.20 bits per heavy atom. The molecule has 20 heavy (non-hydrogen) atoms. The van der Waals surface area contributed by atoms with E-state index in [-0.39, 0.29) is 11.8 Å². The van der Waals surface area contributed by atoms with Crippen LogP contribution in [0.25, 0.3) is 0 Å². The third kappa shape index (κ3) is 3.61. The van der Waals surface area contributed by atoms with E-state index in [1.807, 2.05) is 6.07 Å². The minimum Gasteiger partial charge on any atom is -0.341 e. The van der Waals surface area contributed by atoms with Gasteiger partial charge in [0.25, 0.3) is 5.91 Å². The highest BCUT2D eigenvalue weighted by atomic mass is 32.1. The van der Waals surface area contributed by atoms with Gasteiger partial charge in [0.05, 0.1) is 0 Å². The predicted octanol–water partition coefficient (Wildman–Crippen LogP) is 1.60. The van der Waals surface area contributed by atoms with Crippen molar-refractivity contribution in [2.75, 3.05) is 5.32 Å². The van der Waals surface area contributed by atoms with Crippen LogP contribution in [0.15, 0.2) is 30.3 Å². The third-order valence-corrected chi connectivity index (χ3v) is 3.29. The Hall–Kier alpha value is -2.28. The van der Waals surface area contributed by atoms with E-state index in [9.17, 15) is 9.59 Å². The standard InChI is InChI=1S/C13H14N4O2S/c1-8(11(18)15-13-17-16-9(2)20-13)14-12(19)10-6-4-3-5-7-10/h3-8H,1-2H3,(H,14,19)(H,15,17,18)/t8-/m1/s1. The molecule has 2 N–H and O–H groups in total. The number of amides is 2. The molecule has 104 valence electrons. The van der Waals surface area contributed by atoms with Crippen LogP contribution in [0.2, 0.25) is 0 Å². The van der Waals surface area contributed by atoms with Gasteiger partial charge in [-0.05, 0) is 26.0 Å². The first-order valence-corrected chi connectivity index (χ1v) is 6.85. The molecular formula is C13H14N4O2S. The van der Waals surface area contributed by atoms with Crippen molar-refractivity contribution in [3.05, 3.63) is 40.9 Å². The number of anilines is 1. The van der Waals surface area contributed by atoms with Crippen LogP contribution in [0.4, 0.5) is 5.13 Å². The lowest BCUT2D eigenvalue weighted by Crippen LogP contribution is -2.41. The Bertz CT molecular complexity index is 612. The Kier molecular flexibility index (Phi) is 4.41. The van der Waals surface area contributed by atoms with Crippen LogP contribution in [-0.4, -0.2) is 28.1 Å². The van der Waals surface area contributed by atoms with Crippen LogP contribution in [0.3, 0.4) is 0 Å². The molecule has 2 amide bonds. The molecule has 1 atom stereocenters. The van der Waals surface area contributed by atoms with Crippen molar-refractivity contribution < 1.29 is 9.59 Å². The topological polar surface area (TPSA) is 84.0 Å². The molecule has 0 spiro atoms. The molecule has 1 heterocycles. The van der Waals surface area contributed by atoms with E-state index in [4.69, 9.17) is 0 Å². The van der Waals surface area contributed by atoms with E-state index in [2.05, 4.69) is 20.8 Å². The highest BCUT2D eigenvalue weighted by Gasteiger charge is 2.17. The zero-order chi connectivity index (χ0) is 14.5. The summed E-state index contributed by atoms with van der Waals surface area (Å²) in [6.45, 7) is 3.41. The summed E-state index contributed by atoms with van der Waals surface area (Å²) in [7, 11) is 0. The second kappa shape index (κ2) is 6.25. The summed E-state index contributed by atoms with van der Waals surface area (Å²) >= 11 is 1.28. The van der Waals surface area contributed by atoms with Crippen molar-refractivity contribution >= 4 is 28.3 Å². The largest absolute Gasteiger partial charge is 0.341 e. The molecule has 7 heteroatoms. The minimum atomic E-state index is -0.660. The lowest BCUT2D eigenvalue weighted by atomic mass is 10.2. The van der Waals surface area contributed by atoms with Crippen molar-refractivity contribution in [1.29, 1.82) is 0 Å². The normalized spacial score (nSPS) is 11.7. The molecule has 0 bridgehead atoms. The summed E-state index contributed by atoms with van der Waals surface area (Å²) in [6, 6.07) is 8.08. The molecule has 6 nitrogen and oxygen atoms in total. The summed E-state index contributed by atoms with van der Waals surface area (Å²) in [5.74, 6) is -0.618. The van der Waals surface area contributed by atoms with Crippen molar-refractivity contribution in [2.45, 2.75) is 19.9 Å².